The van der Waals surface area contributed by atoms with E-state index < -0.39 is 0 Å². The van der Waals surface area contributed by atoms with Crippen LogP contribution < -0.4 is 9.30 Å². The smallest absolute Gasteiger partial charge is 0.169 e. The third-order valence-electron chi connectivity index (χ3n) is 6.14. The van der Waals surface area contributed by atoms with Gasteiger partial charge in [-0.15, -0.1) is 0 Å². The van der Waals surface area contributed by atoms with Crippen molar-refractivity contribution in [3.05, 3.63) is 110 Å². The minimum Gasteiger partial charge on any atom is -0.493 e. The number of rotatable bonds is 11. The molecule has 0 spiro atoms. The fourth-order valence-electron chi connectivity index (χ4n) is 4.16. The molecule has 5 heterocycles. The average molecular weight is 489 g/mol. The van der Waals surface area contributed by atoms with E-state index in [1.54, 1.807) is 12.4 Å². The van der Waals surface area contributed by atoms with Crippen molar-refractivity contribution in [1.82, 2.24) is 19.9 Å². The van der Waals surface area contributed by atoms with Gasteiger partial charge >= 0.3 is 0 Å². The number of pyridine rings is 5. The third kappa shape index (κ3) is 6.82. The fraction of sp³-hybridized carbons (Fsp3) is 0.194. The zero-order valence-electron chi connectivity index (χ0n) is 20.8. The van der Waals surface area contributed by atoms with Gasteiger partial charge < -0.3 is 4.74 Å². The normalized spacial score (nSPS) is 10.8. The Balaban J connectivity index is 1.11. The van der Waals surface area contributed by atoms with E-state index >= 15 is 0 Å². The molecule has 0 fully saturated rings. The molecule has 0 aliphatic rings. The van der Waals surface area contributed by atoms with Crippen LogP contribution >= 0.6 is 0 Å². The van der Waals surface area contributed by atoms with E-state index in [4.69, 9.17) is 9.72 Å². The first-order valence-electron chi connectivity index (χ1n) is 12.7. The summed E-state index contributed by atoms with van der Waals surface area (Å²) < 4.78 is 8.39. The Bertz CT molecular complexity index is 1320. The van der Waals surface area contributed by atoms with Crippen molar-refractivity contribution in [1.29, 1.82) is 0 Å². The monoisotopic (exact) mass is 488 g/mol. The van der Waals surface area contributed by atoms with Crippen LogP contribution in [0, 0.1) is 0 Å². The first-order valence-corrected chi connectivity index (χ1v) is 12.7. The highest BCUT2D eigenvalue weighted by Crippen LogP contribution is 2.26. The molecule has 0 saturated heterocycles. The topological polar surface area (TPSA) is 64.7 Å². The Kier molecular flexibility index (Phi) is 8.19. The minimum absolute atomic E-state index is 0.668. The molecule has 0 aromatic carbocycles. The number of hydrogen-bond acceptors (Lipinski definition) is 5. The van der Waals surface area contributed by atoms with E-state index in [2.05, 4.69) is 44.0 Å². The second kappa shape index (κ2) is 12.5. The Morgan fingerprint density at radius 3 is 1.84 bits per heavy atom. The molecule has 0 bridgehead atoms. The number of aromatic nitrogens is 5. The molecule has 0 radical (unpaired) electrons. The van der Waals surface area contributed by atoms with Crippen LogP contribution in [-0.2, 0) is 6.54 Å². The summed E-state index contributed by atoms with van der Waals surface area (Å²) in [6, 6.07) is 24.0. The summed E-state index contributed by atoms with van der Waals surface area (Å²) in [5, 5.41) is 0. The number of ether oxygens (including phenoxy) is 1. The number of aryl methyl sites for hydroxylation is 1. The van der Waals surface area contributed by atoms with Gasteiger partial charge in [0.2, 0.25) is 0 Å². The van der Waals surface area contributed by atoms with Crippen LogP contribution in [0.3, 0.4) is 0 Å². The van der Waals surface area contributed by atoms with Gasteiger partial charge in [-0.1, -0.05) is 12.1 Å². The summed E-state index contributed by atoms with van der Waals surface area (Å²) in [6.07, 6.45) is 16.0. The van der Waals surface area contributed by atoms with E-state index in [-0.39, 0.29) is 0 Å². The van der Waals surface area contributed by atoms with Crippen molar-refractivity contribution in [3.8, 4) is 39.7 Å². The standard InChI is InChI=1S/C31H30N5O/c1(7-19-36-20-13-26(14-21-36)25-11-17-32-18-12-25)2-8-22-37-27-23-30(28-9-3-5-15-33-28)35-31(24-27)29-10-4-6-16-34-29/h3-6,9-18,20-21,23-24H,1-2,7-8,19,22H2/q+1. The highest BCUT2D eigenvalue weighted by molar-refractivity contribution is 5.64. The minimum atomic E-state index is 0.668. The lowest BCUT2D eigenvalue weighted by atomic mass is 10.1. The second-order valence-corrected chi connectivity index (χ2v) is 8.83. The molecule has 0 atom stereocenters. The van der Waals surface area contributed by atoms with Gasteiger partial charge in [0, 0.05) is 55.5 Å². The SMILES string of the molecule is c1ccc(-c2cc(OCCCCCC[n+]3ccc(-c4ccncc4)cc3)cc(-c3ccccn3)n2)nc1. The Morgan fingerprint density at radius 2 is 1.22 bits per heavy atom. The number of hydrogen-bond donors (Lipinski definition) is 0. The molecule has 0 unspecified atom stereocenters. The predicted octanol–water partition coefficient (Wildman–Crippen LogP) is 6.19. The van der Waals surface area contributed by atoms with Crippen molar-refractivity contribution in [2.75, 3.05) is 6.61 Å². The molecular formula is C31H30N5O+. The van der Waals surface area contributed by atoms with Gasteiger partial charge in [-0.2, -0.15) is 0 Å². The lowest BCUT2D eigenvalue weighted by molar-refractivity contribution is -0.697. The molecule has 0 aliphatic heterocycles. The molecule has 0 amide bonds. The lowest BCUT2D eigenvalue weighted by Crippen LogP contribution is -2.32. The van der Waals surface area contributed by atoms with Crippen LogP contribution in [0.2, 0.25) is 0 Å². The molecular weight excluding hydrogens is 458 g/mol. The maximum absolute atomic E-state index is 6.15. The van der Waals surface area contributed by atoms with Gasteiger partial charge in [-0.05, 0) is 66.8 Å². The molecule has 5 aromatic heterocycles. The molecule has 6 heteroatoms. The maximum atomic E-state index is 6.15. The van der Waals surface area contributed by atoms with Crippen molar-refractivity contribution in [2.24, 2.45) is 0 Å². The average Bonchev–Trinajstić information content (AvgIpc) is 2.98. The third-order valence-corrected chi connectivity index (χ3v) is 6.14. The molecule has 5 aromatic rings. The summed E-state index contributed by atoms with van der Waals surface area (Å²) >= 11 is 0. The van der Waals surface area contributed by atoms with Crippen LogP contribution in [0.25, 0.3) is 33.9 Å². The zero-order valence-corrected chi connectivity index (χ0v) is 20.8. The first kappa shape index (κ1) is 24.3. The first-order chi connectivity index (χ1) is 18.3. The van der Waals surface area contributed by atoms with E-state index in [9.17, 15) is 0 Å². The quantitative estimate of drug-likeness (QED) is 0.164. The summed E-state index contributed by atoms with van der Waals surface area (Å²) in [6.45, 7) is 1.68. The van der Waals surface area contributed by atoms with Crippen LogP contribution in [0.15, 0.2) is 110 Å². The van der Waals surface area contributed by atoms with Gasteiger partial charge in [-0.25, -0.2) is 9.55 Å². The second-order valence-electron chi connectivity index (χ2n) is 8.83. The van der Waals surface area contributed by atoms with Gasteiger partial charge in [0.05, 0.1) is 29.4 Å². The Hall–Kier alpha value is -4.45. The number of unbranched alkanes of at least 4 members (excludes halogenated alkanes) is 3. The zero-order chi connectivity index (χ0) is 25.1. The molecule has 184 valence electrons. The van der Waals surface area contributed by atoms with Gasteiger partial charge in [0.15, 0.2) is 12.4 Å². The number of nitrogens with zero attached hydrogens (tertiary/aromatic N) is 5. The van der Waals surface area contributed by atoms with Gasteiger partial charge in [-0.3, -0.25) is 15.0 Å². The van der Waals surface area contributed by atoms with E-state index in [0.717, 1.165) is 60.8 Å². The molecule has 0 saturated carbocycles. The van der Waals surface area contributed by atoms with Crippen molar-refractivity contribution >= 4 is 0 Å². The van der Waals surface area contributed by atoms with E-state index in [0.29, 0.717) is 6.61 Å². The van der Waals surface area contributed by atoms with Crippen molar-refractivity contribution in [3.63, 3.8) is 0 Å². The Labute approximate surface area is 217 Å². The maximum Gasteiger partial charge on any atom is 0.169 e. The van der Waals surface area contributed by atoms with Gasteiger partial charge in [0.25, 0.3) is 0 Å². The molecule has 0 aliphatic carbocycles. The van der Waals surface area contributed by atoms with Crippen LogP contribution in [-0.4, -0.2) is 26.5 Å². The predicted molar refractivity (Wildman–Crippen MR) is 145 cm³/mol. The summed E-state index contributed by atoms with van der Waals surface area (Å²) in [5.74, 6) is 0.793. The molecule has 37 heavy (non-hydrogen) atoms. The highest BCUT2D eigenvalue weighted by atomic mass is 16.5. The summed E-state index contributed by atoms with van der Waals surface area (Å²) in [4.78, 5) is 17.8. The van der Waals surface area contributed by atoms with E-state index in [1.807, 2.05) is 73.1 Å². The van der Waals surface area contributed by atoms with Crippen LogP contribution in [0.5, 0.6) is 5.75 Å². The van der Waals surface area contributed by atoms with Crippen LogP contribution in [0.1, 0.15) is 25.7 Å². The largest absolute Gasteiger partial charge is 0.493 e. The summed E-state index contributed by atoms with van der Waals surface area (Å²) in [7, 11) is 0. The highest BCUT2D eigenvalue weighted by Gasteiger charge is 2.10. The molecule has 5 rings (SSSR count). The van der Waals surface area contributed by atoms with Crippen molar-refractivity contribution in [2.45, 2.75) is 32.2 Å². The lowest BCUT2D eigenvalue weighted by Gasteiger charge is -2.10. The fourth-order valence-corrected chi connectivity index (χ4v) is 4.16. The Morgan fingerprint density at radius 1 is 0.595 bits per heavy atom. The molecule has 0 N–H and O–H groups in total. The molecule has 6 nitrogen and oxygen atoms in total. The van der Waals surface area contributed by atoms with Crippen LogP contribution in [0.4, 0.5) is 0 Å². The summed E-state index contributed by atoms with van der Waals surface area (Å²) in [5.41, 5.74) is 5.60. The van der Waals surface area contributed by atoms with Gasteiger partial charge in [0.1, 0.15) is 12.3 Å². The van der Waals surface area contributed by atoms with Crippen molar-refractivity contribution < 1.29 is 9.30 Å². The van der Waals surface area contributed by atoms with E-state index in [1.165, 1.54) is 11.1 Å².